The first-order chi connectivity index (χ1) is 23.7. The maximum absolute atomic E-state index is 12.6. The first-order valence-corrected chi connectivity index (χ1v) is 18.6. The van der Waals surface area contributed by atoms with Crippen LogP contribution in [0.15, 0.2) is 84.9 Å². The summed E-state index contributed by atoms with van der Waals surface area (Å²) >= 11 is 0.0996. The molecular weight excluding hydrogens is 776 g/mol. The van der Waals surface area contributed by atoms with Crippen LogP contribution in [0.3, 0.4) is 0 Å². The van der Waals surface area contributed by atoms with Gasteiger partial charge in [0.15, 0.2) is 0 Å². The number of ether oxygens (including phenoxy) is 7. The van der Waals surface area contributed by atoms with Gasteiger partial charge in [-0.05, 0) is 0 Å². The van der Waals surface area contributed by atoms with E-state index in [9.17, 15) is 23.5 Å². The van der Waals surface area contributed by atoms with E-state index in [0.29, 0.717) is 27.3 Å². The molecule has 0 aliphatic heterocycles. The fourth-order valence-corrected chi connectivity index (χ4v) is 7.97. The number of carbonyl (C=O) groups is 2. The van der Waals surface area contributed by atoms with Gasteiger partial charge in [0.1, 0.15) is 0 Å². The molecule has 262 valence electrons. The Morgan fingerprint density at radius 3 is 1.55 bits per heavy atom. The van der Waals surface area contributed by atoms with Crippen LogP contribution in [-0.4, -0.2) is 95.6 Å². The number of alkyl halides is 2. The maximum atomic E-state index is 12.6. The number of hydrogen-bond donors (Lipinski definition) is 1. The van der Waals surface area contributed by atoms with Gasteiger partial charge in [-0.25, -0.2) is 0 Å². The first-order valence-electron chi connectivity index (χ1n) is 14.4. The number of halogens is 2. The fraction of sp³-hybridized carbons (Fsp3) is 0.257. The summed E-state index contributed by atoms with van der Waals surface area (Å²) in [7, 11) is 5.47. The molecule has 10 nitrogen and oxygen atoms in total. The normalized spacial score (nSPS) is 10.5. The van der Waals surface area contributed by atoms with E-state index >= 15 is 0 Å². The Morgan fingerprint density at radius 1 is 0.673 bits per heavy atom. The van der Waals surface area contributed by atoms with Crippen LogP contribution < -0.4 is 23.1 Å². The van der Waals surface area contributed by atoms with Crippen LogP contribution in [0.1, 0.15) is 31.8 Å². The molecule has 4 rings (SSSR count). The van der Waals surface area contributed by atoms with E-state index in [2.05, 4.69) is 4.74 Å². The van der Waals surface area contributed by atoms with Gasteiger partial charge in [0.25, 0.3) is 0 Å². The molecule has 0 atom stereocenters. The third-order valence-electron chi connectivity index (χ3n) is 6.27. The Morgan fingerprint density at radius 2 is 1.12 bits per heavy atom. The van der Waals surface area contributed by atoms with Gasteiger partial charge in [0, 0.05) is 0 Å². The van der Waals surface area contributed by atoms with E-state index in [1.54, 1.807) is 6.07 Å². The molecule has 0 saturated carbocycles. The molecule has 4 aromatic rings. The van der Waals surface area contributed by atoms with E-state index in [-0.39, 0.29) is 72.1 Å². The molecule has 0 amide bonds. The number of esters is 2. The summed E-state index contributed by atoms with van der Waals surface area (Å²) in [5.41, 5.74) is 1.74. The van der Waals surface area contributed by atoms with Crippen molar-refractivity contribution in [3.05, 3.63) is 107 Å². The number of phenolic OH excluding ortho intramolecular Hbond substituents is 1. The minimum atomic E-state index is -2.98. The molecule has 0 spiro atoms. The molecule has 14 heteroatoms. The molecule has 1 N–H and O–H groups in total. The zero-order valence-corrected chi connectivity index (χ0v) is 30.6. The molecule has 0 radical (unpaired) electrons. The summed E-state index contributed by atoms with van der Waals surface area (Å²) in [6, 6.07) is 25.3. The Labute approximate surface area is 295 Å². The van der Waals surface area contributed by atoms with Gasteiger partial charge in [-0.1, -0.05) is 0 Å². The second kappa shape index (κ2) is 21.0. The van der Waals surface area contributed by atoms with Crippen molar-refractivity contribution >= 4 is 50.8 Å². The summed E-state index contributed by atoms with van der Waals surface area (Å²) in [4.78, 5) is 24.4. The molecule has 0 aliphatic carbocycles. The van der Waals surface area contributed by atoms with Gasteiger partial charge in [-0.15, -0.1) is 0 Å². The van der Waals surface area contributed by atoms with E-state index in [0.717, 1.165) is 4.46 Å². The predicted molar refractivity (Wildman–Crippen MR) is 180 cm³/mol. The topological polar surface area (TPSA) is 119 Å². The Kier molecular flexibility index (Phi) is 16.9. The van der Waals surface area contributed by atoms with Crippen LogP contribution in [0.5, 0.6) is 23.0 Å². The molecule has 0 heterocycles. The van der Waals surface area contributed by atoms with Crippen LogP contribution >= 0.6 is 0 Å². The monoisotopic (exact) mass is 814 g/mol. The third kappa shape index (κ3) is 12.7. The van der Waals surface area contributed by atoms with Gasteiger partial charge in [-0.3, -0.25) is 0 Å². The van der Waals surface area contributed by atoms with Crippen molar-refractivity contribution in [2.45, 2.75) is 17.2 Å². The van der Waals surface area contributed by atoms with Gasteiger partial charge in [0.2, 0.25) is 0 Å². The van der Waals surface area contributed by atoms with Crippen molar-refractivity contribution < 1.29 is 56.6 Å². The molecule has 0 saturated heterocycles. The predicted octanol–water partition coefficient (Wildman–Crippen LogP) is 4.28. The standard InChI is InChI=1S/C18H18F2O5Se.C17H18O5Se/c1-22-11-24-15-9-13(25-18(19)20)8-12(16(15)17(21)23-2)10-26-14-6-4-3-5-7-14;1-20-11-22-15-9-13(18)8-12(16(15)17(19)21-2)10-23-14-6-4-3-5-7-14/h3-9,18H,10-11H2,1-2H3;3-9,18H,10-11H2,1-2H3. The number of benzene rings is 4. The summed E-state index contributed by atoms with van der Waals surface area (Å²) in [5.74, 6) is -0.804. The van der Waals surface area contributed by atoms with Crippen molar-refractivity contribution in [3.63, 3.8) is 0 Å². The minimum absolute atomic E-state index is 0.0171. The van der Waals surface area contributed by atoms with E-state index < -0.39 is 18.6 Å². The van der Waals surface area contributed by atoms with Gasteiger partial charge in [-0.2, -0.15) is 0 Å². The van der Waals surface area contributed by atoms with Crippen LogP contribution in [0.4, 0.5) is 8.78 Å². The van der Waals surface area contributed by atoms with Gasteiger partial charge < -0.3 is 0 Å². The first kappa shape index (κ1) is 39.3. The van der Waals surface area contributed by atoms with E-state index in [4.69, 9.17) is 28.4 Å². The summed E-state index contributed by atoms with van der Waals surface area (Å²) < 4.78 is 62.3. The number of aromatic hydroxyl groups is 1. The summed E-state index contributed by atoms with van der Waals surface area (Å²) in [6.45, 7) is -3.15. The molecule has 0 unspecified atom stereocenters. The van der Waals surface area contributed by atoms with Crippen molar-refractivity contribution in [2.24, 2.45) is 0 Å². The van der Waals surface area contributed by atoms with Crippen molar-refractivity contribution in [1.29, 1.82) is 0 Å². The quantitative estimate of drug-likeness (QED) is 0.0999. The number of hydrogen-bond acceptors (Lipinski definition) is 10. The number of phenols is 1. The summed E-state index contributed by atoms with van der Waals surface area (Å²) in [6.07, 6.45) is 0. The molecule has 0 fully saturated rings. The van der Waals surface area contributed by atoms with Crippen LogP contribution in [0.25, 0.3) is 0 Å². The van der Waals surface area contributed by atoms with Crippen LogP contribution in [-0.2, 0) is 29.6 Å². The molecule has 0 bridgehead atoms. The van der Waals surface area contributed by atoms with Gasteiger partial charge in [0.05, 0.1) is 0 Å². The second-order valence-electron chi connectivity index (χ2n) is 9.60. The Hall–Kier alpha value is -4.16. The third-order valence-corrected chi connectivity index (χ3v) is 10.7. The van der Waals surface area contributed by atoms with Crippen molar-refractivity contribution in [2.75, 3.05) is 42.0 Å². The summed E-state index contributed by atoms with van der Waals surface area (Å²) in [5, 5.41) is 11.0. The zero-order chi connectivity index (χ0) is 35.6. The molecular formula is C35H36F2O10Se2. The molecule has 0 aromatic heterocycles. The van der Waals surface area contributed by atoms with Crippen molar-refractivity contribution in [3.8, 4) is 23.0 Å². The molecule has 49 heavy (non-hydrogen) atoms. The average molecular weight is 813 g/mol. The fourth-order valence-electron chi connectivity index (χ4n) is 4.20. The van der Waals surface area contributed by atoms with E-state index in [1.807, 2.05) is 60.7 Å². The van der Waals surface area contributed by atoms with Crippen LogP contribution in [0, 0.1) is 0 Å². The van der Waals surface area contributed by atoms with Crippen LogP contribution in [0.2, 0.25) is 0 Å². The second-order valence-corrected chi connectivity index (χ2v) is 14.0. The Balaban J connectivity index is 0.000000267. The molecule has 4 aromatic carbocycles. The van der Waals surface area contributed by atoms with E-state index in [1.165, 1.54) is 51.1 Å². The molecule has 0 aliphatic rings. The Bertz CT molecular complexity index is 1630. The SMILES string of the molecule is COCOc1cc(O)cc(C[Se]c2ccccc2)c1C(=O)OC.COCOc1cc(OC(F)F)cc(C[Se]c2ccccc2)c1C(=O)OC. The zero-order valence-electron chi connectivity index (χ0n) is 27.2. The number of carbonyl (C=O) groups excluding carboxylic acids is 2. The number of methoxy groups -OCH3 is 4. The average Bonchev–Trinajstić information content (AvgIpc) is 3.11. The number of rotatable bonds is 16. The van der Waals surface area contributed by atoms with Crippen molar-refractivity contribution in [1.82, 2.24) is 0 Å². The van der Waals surface area contributed by atoms with Gasteiger partial charge >= 0.3 is 297 Å².